The molecule has 4 nitrogen and oxygen atoms in total. The molecule has 0 aromatic rings. The highest BCUT2D eigenvalue weighted by atomic mass is 17.2. The first-order chi connectivity index (χ1) is 11.5. The molecule has 6 aliphatic rings. The van der Waals surface area contributed by atoms with Crippen LogP contribution in [0.15, 0.2) is 11.6 Å². The first kappa shape index (κ1) is 14.7. The molecule has 0 amide bonds. The van der Waals surface area contributed by atoms with Crippen molar-refractivity contribution in [3.05, 3.63) is 11.6 Å². The Bertz CT molecular complexity index is 623. The second-order valence-corrected chi connectivity index (χ2v) is 9.65. The molecule has 4 heteroatoms. The van der Waals surface area contributed by atoms with Gasteiger partial charge in [-0.25, -0.2) is 9.78 Å². The van der Waals surface area contributed by atoms with Crippen molar-refractivity contribution in [3.8, 4) is 0 Å². The molecular weight excluding hydrogens is 304 g/mol. The molecule has 0 radical (unpaired) electrons. The highest BCUT2D eigenvalue weighted by Crippen LogP contribution is 2.73. The Morgan fingerprint density at radius 3 is 2.88 bits per heavy atom. The monoisotopic (exact) mass is 332 g/mol. The van der Waals surface area contributed by atoms with E-state index in [0.29, 0.717) is 11.8 Å². The van der Waals surface area contributed by atoms with Gasteiger partial charge in [0.25, 0.3) is 0 Å². The first-order valence-corrected chi connectivity index (χ1v) is 9.92. The van der Waals surface area contributed by atoms with Crippen LogP contribution >= 0.6 is 0 Å². The number of fused-ring (bicyclic) bond motifs is 3. The summed E-state index contributed by atoms with van der Waals surface area (Å²) in [6.07, 6.45) is 12.1. The lowest BCUT2D eigenvalue weighted by Crippen LogP contribution is -2.51. The van der Waals surface area contributed by atoms with Gasteiger partial charge in [-0.3, -0.25) is 0 Å². The van der Waals surface area contributed by atoms with Crippen molar-refractivity contribution in [2.75, 3.05) is 6.61 Å². The van der Waals surface area contributed by atoms with Gasteiger partial charge in [0, 0.05) is 18.3 Å². The summed E-state index contributed by atoms with van der Waals surface area (Å²) in [6, 6.07) is 0. The van der Waals surface area contributed by atoms with E-state index >= 15 is 0 Å². The third kappa shape index (κ3) is 1.52. The summed E-state index contributed by atoms with van der Waals surface area (Å²) >= 11 is 0. The number of epoxide rings is 1. The van der Waals surface area contributed by atoms with E-state index in [1.54, 1.807) is 5.57 Å². The smallest absolute Gasteiger partial charge is 0.119 e. The molecule has 0 aromatic carbocycles. The molecule has 132 valence electrons. The zero-order valence-electron chi connectivity index (χ0n) is 14.6. The lowest BCUT2D eigenvalue weighted by Gasteiger charge is -2.49. The molecule has 1 N–H and O–H groups in total. The van der Waals surface area contributed by atoms with Crippen LogP contribution in [0, 0.1) is 17.3 Å². The minimum atomic E-state index is -0.122. The van der Waals surface area contributed by atoms with Gasteiger partial charge in [-0.1, -0.05) is 13.0 Å². The van der Waals surface area contributed by atoms with E-state index in [1.165, 1.54) is 12.8 Å². The fourth-order valence-corrected chi connectivity index (χ4v) is 7.41. The molecule has 0 aromatic heterocycles. The van der Waals surface area contributed by atoms with E-state index in [2.05, 4.69) is 13.0 Å². The zero-order chi connectivity index (χ0) is 16.2. The standard InChI is InChI=1S/C20H28O4/c1-17-6-5-15-13(14(17)2-3-16(17)21)4-7-19-12-18(10-11-22-24-18)8-9-20(15,19)23-19/h5,13-14,16,21H,2-4,6-12H2,1H3/t13-,14-,16?,17-,18?,19?,20-/m0/s1. The summed E-state index contributed by atoms with van der Waals surface area (Å²) in [5.41, 5.74) is 1.63. The van der Waals surface area contributed by atoms with Crippen molar-refractivity contribution in [2.45, 2.75) is 87.6 Å². The van der Waals surface area contributed by atoms with Crippen LogP contribution in [0.4, 0.5) is 0 Å². The molecule has 3 unspecified atom stereocenters. The van der Waals surface area contributed by atoms with Crippen LogP contribution in [0.5, 0.6) is 0 Å². The van der Waals surface area contributed by atoms with Crippen molar-refractivity contribution < 1.29 is 19.6 Å². The van der Waals surface area contributed by atoms with E-state index in [4.69, 9.17) is 14.5 Å². The summed E-state index contributed by atoms with van der Waals surface area (Å²) < 4.78 is 6.61. The molecule has 2 aliphatic heterocycles. The molecule has 1 spiro atoms. The molecule has 6 rings (SSSR count). The Morgan fingerprint density at radius 1 is 1.12 bits per heavy atom. The maximum Gasteiger partial charge on any atom is 0.119 e. The van der Waals surface area contributed by atoms with Gasteiger partial charge in [0.1, 0.15) is 16.8 Å². The topological polar surface area (TPSA) is 51.2 Å². The lowest BCUT2D eigenvalue weighted by molar-refractivity contribution is -0.316. The minimum absolute atomic E-state index is 0.00197. The van der Waals surface area contributed by atoms with Crippen LogP contribution in [0.25, 0.3) is 0 Å². The maximum atomic E-state index is 10.5. The van der Waals surface area contributed by atoms with Gasteiger partial charge in [-0.2, -0.15) is 0 Å². The predicted octanol–water partition coefficient (Wildman–Crippen LogP) is 3.29. The summed E-state index contributed by atoms with van der Waals surface area (Å²) in [5.74, 6) is 1.28. The van der Waals surface area contributed by atoms with E-state index in [9.17, 15) is 5.11 Å². The maximum absolute atomic E-state index is 10.5. The quantitative estimate of drug-likeness (QED) is 0.420. The van der Waals surface area contributed by atoms with Crippen LogP contribution in [-0.4, -0.2) is 34.6 Å². The van der Waals surface area contributed by atoms with Crippen molar-refractivity contribution >= 4 is 0 Å². The molecule has 0 bridgehead atoms. The van der Waals surface area contributed by atoms with Crippen molar-refractivity contribution in [3.63, 3.8) is 0 Å². The molecule has 4 aliphatic carbocycles. The van der Waals surface area contributed by atoms with Crippen LogP contribution in [0.3, 0.4) is 0 Å². The van der Waals surface area contributed by atoms with Crippen molar-refractivity contribution in [1.29, 1.82) is 0 Å². The van der Waals surface area contributed by atoms with Gasteiger partial charge >= 0.3 is 0 Å². The average Bonchev–Trinajstić information content (AvgIpc) is 2.88. The fourth-order valence-electron chi connectivity index (χ4n) is 7.41. The predicted molar refractivity (Wildman–Crippen MR) is 87.0 cm³/mol. The number of ether oxygens (including phenoxy) is 1. The summed E-state index contributed by atoms with van der Waals surface area (Å²) in [6.45, 7) is 3.04. The van der Waals surface area contributed by atoms with Crippen molar-refractivity contribution in [1.82, 2.24) is 0 Å². The Hall–Kier alpha value is -0.420. The third-order valence-corrected chi connectivity index (χ3v) is 8.81. The lowest BCUT2D eigenvalue weighted by atomic mass is 9.53. The highest BCUT2D eigenvalue weighted by molar-refractivity contribution is 5.43. The second kappa shape index (κ2) is 4.28. The number of rotatable bonds is 0. The molecule has 24 heavy (non-hydrogen) atoms. The van der Waals surface area contributed by atoms with Crippen molar-refractivity contribution in [2.24, 2.45) is 17.3 Å². The summed E-state index contributed by atoms with van der Waals surface area (Å²) in [7, 11) is 0. The van der Waals surface area contributed by atoms with Crippen LogP contribution in [0.1, 0.15) is 64.7 Å². The second-order valence-electron chi connectivity index (χ2n) is 9.65. The average molecular weight is 332 g/mol. The SMILES string of the molecule is C[C@]12CC=C3[C@@H](CCC45CC6(CCOO6)CC[C@]34O5)[C@@H]1CCC2O. The van der Waals surface area contributed by atoms with E-state index in [0.717, 1.165) is 51.6 Å². The van der Waals surface area contributed by atoms with Crippen LogP contribution < -0.4 is 0 Å². The Morgan fingerprint density at radius 2 is 2.04 bits per heavy atom. The van der Waals surface area contributed by atoms with E-state index in [-0.39, 0.29) is 28.3 Å². The number of allylic oxidation sites excluding steroid dienone is 1. The van der Waals surface area contributed by atoms with Gasteiger partial charge < -0.3 is 9.84 Å². The molecule has 3 saturated carbocycles. The number of aliphatic hydroxyl groups excluding tert-OH is 1. The largest absolute Gasteiger partial charge is 0.393 e. The Labute approximate surface area is 143 Å². The zero-order valence-corrected chi connectivity index (χ0v) is 14.6. The molecule has 2 saturated heterocycles. The Kier molecular flexibility index (Phi) is 2.62. The highest BCUT2D eigenvalue weighted by Gasteiger charge is 2.78. The van der Waals surface area contributed by atoms with Gasteiger partial charge in [0.15, 0.2) is 0 Å². The number of hydrogen-bond acceptors (Lipinski definition) is 4. The molecule has 5 fully saturated rings. The fraction of sp³-hybridized carbons (Fsp3) is 0.900. The third-order valence-electron chi connectivity index (χ3n) is 8.81. The Balaban J connectivity index is 1.36. The first-order valence-electron chi connectivity index (χ1n) is 9.92. The minimum Gasteiger partial charge on any atom is -0.393 e. The number of hydrogen-bond donors (Lipinski definition) is 1. The van der Waals surface area contributed by atoms with Gasteiger partial charge in [-0.15, -0.1) is 0 Å². The van der Waals surface area contributed by atoms with Gasteiger partial charge in [0.2, 0.25) is 0 Å². The summed E-state index contributed by atoms with van der Waals surface area (Å²) in [5, 5.41) is 10.5. The summed E-state index contributed by atoms with van der Waals surface area (Å²) in [4.78, 5) is 11.0. The van der Waals surface area contributed by atoms with E-state index < -0.39 is 0 Å². The molecular formula is C20H28O4. The van der Waals surface area contributed by atoms with Gasteiger partial charge in [-0.05, 0) is 62.4 Å². The van der Waals surface area contributed by atoms with Gasteiger partial charge in [0.05, 0.1) is 12.7 Å². The van der Waals surface area contributed by atoms with Crippen LogP contribution in [0.2, 0.25) is 0 Å². The number of aliphatic hydroxyl groups is 1. The van der Waals surface area contributed by atoms with E-state index in [1.807, 2.05) is 0 Å². The normalized spacial score (nSPS) is 60.9. The molecule has 7 atom stereocenters. The molecule has 2 heterocycles. The van der Waals surface area contributed by atoms with Crippen LogP contribution in [-0.2, 0) is 14.5 Å².